The molecule has 0 aliphatic rings. The van der Waals surface area contributed by atoms with E-state index in [0.717, 1.165) is 11.0 Å². The van der Waals surface area contributed by atoms with E-state index in [9.17, 15) is 5.11 Å². The third-order valence-electron chi connectivity index (χ3n) is 3.59. The Labute approximate surface area is 113 Å². The second-order valence-electron chi connectivity index (χ2n) is 4.95. The van der Waals surface area contributed by atoms with Crippen LogP contribution in [-0.4, -0.2) is 41.0 Å². The van der Waals surface area contributed by atoms with Crippen molar-refractivity contribution in [2.24, 2.45) is 5.73 Å². The van der Waals surface area contributed by atoms with Crippen LogP contribution in [0.1, 0.15) is 17.2 Å². The molecule has 1 aromatic carbocycles. The smallest absolute Gasteiger partial charge is 0.0962 e. The van der Waals surface area contributed by atoms with Crippen molar-refractivity contribution in [3.05, 3.63) is 29.6 Å². The average molecular weight is 263 g/mol. The fourth-order valence-corrected chi connectivity index (χ4v) is 2.28. The minimum atomic E-state index is -0.269. The Balaban J connectivity index is 2.46. The van der Waals surface area contributed by atoms with E-state index in [1.807, 2.05) is 4.57 Å². The minimum absolute atomic E-state index is 0.0388. The summed E-state index contributed by atoms with van der Waals surface area (Å²) >= 11 is 0. The zero-order chi connectivity index (χ0) is 14.0. The summed E-state index contributed by atoms with van der Waals surface area (Å²) in [6, 6.07) is 3.64. The van der Waals surface area contributed by atoms with Gasteiger partial charge in [-0.2, -0.15) is 0 Å². The van der Waals surface area contributed by atoms with Gasteiger partial charge in [-0.05, 0) is 37.1 Å². The summed E-state index contributed by atoms with van der Waals surface area (Å²) in [6.07, 6.45) is 1.74. The number of fused-ring (bicyclic) bond motifs is 1. The number of aliphatic hydroxyl groups excluding tert-OH is 1. The predicted molar refractivity (Wildman–Crippen MR) is 75.2 cm³/mol. The summed E-state index contributed by atoms with van der Waals surface area (Å²) < 4.78 is 7.01. The fraction of sp³-hybridized carbons (Fsp3) is 0.500. The number of aryl methyl sites for hydroxylation is 2. The summed E-state index contributed by atoms with van der Waals surface area (Å²) in [5.41, 5.74) is 10.4. The predicted octanol–water partition coefficient (Wildman–Crippen LogP) is 1.16. The summed E-state index contributed by atoms with van der Waals surface area (Å²) in [6.45, 7) is 4.49. The van der Waals surface area contributed by atoms with Crippen molar-refractivity contribution < 1.29 is 9.84 Å². The third-order valence-corrected chi connectivity index (χ3v) is 3.59. The Hall–Kier alpha value is -1.43. The van der Waals surface area contributed by atoms with E-state index in [4.69, 9.17) is 10.5 Å². The maximum Gasteiger partial charge on any atom is 0.0962 e. The van der Waals surface area contributed by atoms with Gasteiger partial charge in [-0.25, -0.2) is 4.98 Å². The molecule has 0 aliphatic heterocycles. The summed E-state index contributed by atoms with van der Waals surface area (Å²) in [4.78, 5) is 4.39. The topological polar surface area (TPSA) is 73.3 Å². The Kier molecular flexibility index (Phi) is 4.19. The standard InChI is InChI=1S/C14H21N3O2/c1-9-4-12-13(5-10(9)2)17(8-16-12)14(6-18)11(15)7-19-3/h4-5,8,11,14,18H,6-7,15H2,1-3H3. The number of nitrogens with zero attached hydrogens (tertiary/aromatic N) is 2. The highest BCUT2D eigenvalue weighted by Crippen LogP contribution is 2.22. The largest absolute Gasteiger partial charge is 0.394 e. The molecule has 3 N–H and O–H groups in total. The van der Waals surface area contributed by atoms with Crippen LogP contribution in [0.5, 0.6) is 0 Å². The van der Waals surface area contributed by atoms with Gasteiger partial charge >= 0.3 is 0 Å². The van der Waals surface area contributed by atoms with Crippen LogP contribution in [0.4, 0.5) is 0 Å². The number of nitrogens with two attached hydrogens (primary N) is 1. The number of ether oxygens (including phenoxy) is 1. The lowest BCUT2D eigenvalue weighted by Gasteiger charge is -2.23. The molecule has 2 atom stereocenters. The molecule has 0 bridgehead atoms. The number of aliphatic hydroxyl groups is 1. The number of benzene rings is 1. The van der Waals surface area contributed by atoms with Crippen molar-refractivity contribution in [1.82, 2.24) is 9.55 Å². The number of aromatic nitrogens is 2. The number of methoxy groups -OCH3 is 1. The van der Waals surface area contributed by atoms with Crippen molar-refractivity contribution >= 4 is 11.0 Å². The molecule has 0 amide bonds. The number of imidazole rings is 1. The van der Waals surface area contributed by atoms with Crippen molar-refractivity contribution in [1.29, 1.82) is 0 Å². The van der Waals surface area contributed by atoms with E-state index < -0.39 is 0 Å². The molecule has 0 fully saturated rings. The zero-order valence-corrected chi connectivity index (χ0v) is 11.6. The number of hydrogen-bond acceptors (Lipinski definition) is 4. The van der Waals surface area contributed by atoms with Crippen molar-refractivity contribution in [3.8, 4) is 0 Å². The molecule has 2 aromatic rings. The second kappa shape index (κ2) is 5.69. The highest BCUT2D eigenvalue weighted by Gasteiger charge is 2.21. The molecule has 1 aromatic heterocycles. The molecule has 0 aliphatic carbocycles. The lowest BCUT2D eigenvalue weighted by atomic mass is 10.1. The van der Waals surface area contributed by atoms with Crippen molar-refractivity contribution in [3.63, 3.8) is 0 Å². The molecular weight excluding hydrogens is 242 g/mol. The normalized spacial score (nSPS) is 14.8. The van der Waals surface area contributed by atoms with Crippen LogP contribution in [0.2, 0.25) is 0 Å². The van der Waals surface area contributed by atoms with Gasteiger partial charge in [0, 0.05) is 7.11 Å². The van der Waals surface area contributed by atoms with Gasteiger partial charge in [0.1, 0.15) is 0 Å². The molecule has 19 heavy (non-hydrogen) atoms. The Morgan fingerprint density at radius 1 is 1.37 bits per heavy atom. The van der Waals surface area contributed by atoms with E-state index in [2.05, 4.69) is 31.0 Å². The second-order valence-corrected chi connectivity index (χ2v) is 4.95. The highest BCUT2D eigenvalue weighted by atomic mass is 16.5. The summed E-state index contributed by atoms with van der Waals surface area (Å²) in [5.74, 6) is 0. The lowest BCUT2D eigenvalue weighted by molar-refractivity contribution is 0.131. The quantitative estimate of drug-likeness (QED) is 0.849. The van der Waals surface area contributed by atoms with Crippen LogP contribution in [0.25, 0.3) is 11.0 Å². The van der Waals surface area contributed by atoms with Crippen LogP contribution < -0.4 is 5.73 Å². The Bertz CT molecular complexity index is 565. The molecule has 0 spiro atoms. The molecule has 2 unspecified atom stereocenters. The first-order valence-electron chi connectivity index (χ1n) is 6.37. The average Bonchev–Trinajstić information content (AvgIpc) is 2.75. The minimum Gasteiger partial charge on any atom is -0.394 e. The van der Waals surface area contributed by atoms with Crippen molar-refractivity contribution in [2.75, 3.05) is 20.3 Å². The third kappa shape index (κ3) is 2.63. The van der Waals surface area contributed by atoms with Gasteiger partial charge in [-0.3, -0.25) is 0 Å². The monoisotopic (exact) mass is 263 g/mol. The van der Waals surface area contributed by atoms with Crippen LogP contribution in [0.3, 0.4) is 0 Å². The first-order valence-corrected chi connectivity index (χ1v) is 6.37. The van der Waals surface area contributed by atoms with E-state index in [1.165, 1.54) is 11.1 Å². The van der Waals surface area contributed by atoms with E-state index >= 15 is 0 Å². The van der Waals surface area contributed by atoms with Gasteiger partial charge < -0.3 is 20.1 Å². The van der Waals surface area contributed by atoms with Crippen LogP contribution in [-0.2, 0) is 4.74 Å². The van der Waals surface area contributed by atoms with Crippen LogP contribution in [0, 0.1) is 13.8 Å². The number of rotatable bonds is 5. The fourth-order valence-electron chi connectivity index (χ4n) is 2.28. The van der Waals surface area contributed by atoms with Gasteiger partial charge in [0.2, 0.25) is 0 Å². The first-order chi connectivity index (χ1) is 9.08. The van der Waals surface area contributed by atoms with Gasteiger partial charge in [-0.15, -0.1) is 0 Å². The SMILES string of the molecule is COCC(N)C(CO)n1cnc2cc(C)c(C)cc21. The van der Waals surface area contributed by atoms with Gasteiger partial charge in [0.15, 0.2) is 0 Å². The maximum atomic E-state index is 9.59. The Morgan fingerprint density at radius 2 is 2.05 bits per heavy atom. The first kappa shape index (κ1) is 14.0. The van der Waals surface area contributed by atoms with Gasteiger partial charge in [0.05, 0.1) is 42.7 Å². The highest BCUT2D eigenvalue weighted by molar-refractivity contribution is 5.77. The van der Waals surface area contributed by atoms with Crippen LogP contribution in [0.15, 0.2) is 18.5 Å². The Morgan fingerprint density at radius 3 is 2.68 bits per heavy atom. The van der Waals surface area contributed by atoms with Crippen LogP contribution >= 0.6 is 0 Å². The molecule has 1 heterocycles. The maximum absolute atomic E-state index is 9.59. The van der Waals surface area contributed by atoms with Crippen molar-refractivity contribution in [2.45, 2.75) is 25.9 Å². The van der Waals surface area contributed by atoms with Gasteiger partial charge in [0.25, 0.3) is 0 Å². The molecule has 0 radical (unpaired) electrons. The molecular formula is C14H21N3O2. The molecule has 2 rings (SSSR count). The van der Waals surface area contributed by atoms with E-state index in [-0.39, 0.29) is 18.7 Å². The van der Waals surface area contributed by atoms with E-state index in [1.54, 1.807) is 13.4 Å². The molecule has 0 saturated heterocycles. The summed E-state index contributed by atoms with van der Waals surface area (Å²) in [7, 11) is 1.60. The molecule has 5 heteroatoms. The van der Waals surface area contributed by atoms with Gasteiger partial charge in [-0.1, -0.05) is 0 Å². The zero-order valence-electron chi connectivity index (χ0n) is 11.6. The lowest BCUT2D eigenvalue weighted by Crippen LogP contribution is -2.38. The summed E-state index contributed by atoms with van der Waals surface area (Å²) in [5, 5.41) is 9.59. The molecule has 5 nitrogen and oxygen atoms in total. The van der Waals surface area contributed by atoms with E-state index in [0.29, 0.717) is 6.61 Å². The molecule has 104 valence electrons. The molecule has 0 saturated carbocycles. The number of hydrogen-bond donors (Lipinski definition) is 2.